The van der Waals surface area contributed by atoms with E-state index in [2.05, 4.69) is 20.9 Å². The number of hydrogen-bond acceptors (Lipinski definition) is 2. The number of fused-ring (bicyclic) bond motifs is 1. The van der Waals surface area contributed by atoms with E-state index in [1.807, 2.05) is 0 Å². The van der Waals surface area contributed by atoms with Gasteiger partial charge in [-0.15, -0.1) is 0 Å². The molecule has 2 nitrogen and oxygen atoms in total. The van der Waals surface area contributed by atoms with Crippen LogP contribution in [0.2, 0.25) is 0 Å². The van der Waals surface area contributed by atoms with Crippen molar-refractivity contribution in [1.29, 1.82) is 0 Å². The van der Waals surface area contributed by atoms with Gasteiger partial charge in [0.1, 0.15) is 11.3 Å². The van der Waals surface area contributed by atoms with Gasteiger partial charge in [0.25, 0.3) is 0 Å². The van der Waals surface area contributed by atoms with Crippen LogP contribution < -0.4 is 5.73 Å². The van der Waals surface area contributed by atoms with Crippen LogP contribution >= 0.6 is 15.9 Å². The molecule has 1 aromatic carbocycles. The molecule has 0 radical (unpaired) electrons. The van der Waals surface area contributed by atoms with Crippen LogP contribution in [-0.2, 0) is 0 Å². The zero-order chi connectivity index (χ0) is 13.6. The molecule has 0 bridgehead atoms. The predicted molar refractivity (Wildman–Crippen MR) is 75.0 cm³/mol. The average molecular weight is 327 g/mol. The van der Waals surface area contributed by atoms with E-state index in [0.717, 1.165) is 37.4 Å². The van der Waals surface area contributed by atoms with Gasteiger partial charge in [0, 0.05) is 17.3 Å². The summed E-state index contributed by atoms with van der Waals surface area (Å²) < 4.78 is 28.0. The van der Waals surface area contributed by atoms with E-state index < -0.39 is 11.6 Å². The highest BCUT2D eigenvalue weighted by Crippen LogP contribution is 2.37. The highest BCUT2D eigenvalue weighted by Gasteiger charge is 2.22. The summed E-state index contributed by atoms with van der Waals surface area (Å²) in [5, 5.41) is 0.0635. The van der Waals surface area contributed by atoms with Crippen LogP contribution in [0.4, 0.5) is 14.5 Å². The molecule has 1 aromatic heterocycles. The van der Waals surface area contributed by atoms with E-state index in [1.165, 1.54) is 0 Å². The van der Waals surface area contributed by atoms with E-state index in [-0.39, 0.29) is 21.1 Å². The fourth-order valence-electron chi connectivity index (χ4n) is 2.78. The van der Waals surface area contributed by atoms with Crippen molar-refractivity contribution in [2.75, 3.05) is 5.73 Å². The van der Waals surface area contributed by atoms with Gasteiger partial charge in [0.2, 0.25) is 0 Å². The molecule has 0 amide bonds. The summed E-state index contributed by atoms with van der Waals surface area (Å²) in [6.45, 7) is 0. The Balaban J connectivity index is 2.25. The standard InChI is InChI=1S/C14H13BrF2N2/c15-8-5-9(16)14-12(13(8)17)10(18)6-11(19-14)7-3-1-2-4-7/h5-7H,1-4H2,(H2,18,19). The predicted octanol–water partition coefficient (Wildman–Crippen LogP) is 4.52. The minimum Gasteiger partial charge on any atom is -0.398 e. The zero-order valence-electron chi connectivity index (χ0n) is 10.2. The first-order valence-electron chi connectivity index (χ1n) is 6.31. The average Bonchev–Trinajstić information content (AvgIpc) is 2.89. The van der Waals surface area contributed by atoms with Gasteiger partial charge in [-0.3, -0.25) is 0 Å². The lowest BCUT2D eigenvalue weighted by Gasteiger charge is -2.13. The van der Waals surface area contributed by atoms with Crippen molar-refractivity contribution in [3.05, 3.63) is 33.9 Å². The second kappa shape index (κ2) is 4.71. The third-order valence-electron chi connectivity index (χ3n) is 3.75. The maximum Gasteiger partial charge on any atom is 0.150 e. The van der Waals surface area contributed by atoms with Crippen LogP contribution in [0.15, 0.2) is 16.6 Å². The first-order chi connectivity index (χ1) is 9.08. The Hall–Kier alpha value is -1.23. The van der Waals surface area contributed by atoms with Gasteiger partial charge in [0.05, 0.1) is 9.86 Å². The summed E-state index contributed by atoms with van der Waals surface area (Å²) in [4.78, 5) is 4.30. The lowest BCUT2D eigenvalue weighted by atomic mass is 10.0. The number of nitrogens with zero attached hydrogens (tertiary/aromatic N) is 1. The van der Waals surface area contributed by atoms with Gasteiger partial charge in [-0.25, -0.2) is 13.8 Å². The van der Waals surface area contributed by atoms with E-state index in [4.69, 9.17) is 5.73 Å². The molecule has 100 valence electrons. The SMILES string of the molecule is Nc1cc(C2CCCC2)nc2c(F)cc(Br)c(F)c12. The third kappa shape index (κ3) is 2.10. The Morgan fingerprint density at radius 1 is 1.21 bits per heavy atom. The molecule has 0 atom stereocenters. The van der Waals surface area contributed by atoms with Gasteiger partial charge in [-0.2, -0.15) is 0 Å². The number of nitrogen functional groups attached to an aromatic ring is 1. The normalized spacial score (nSPS) is 16.4. The number of benzene rings is 1. The zero-order valence-corrected chi connectivity index (χ0v) is 11.8. The fraction of sp³-hybridized carbons (Fsp3) is 0.357. The van der Waals surface area contributed by atoms with Crippen molar-refractivity contribution in [2.24, 2.45) is 0 Å². The summed E-state index contributed by atoms with van der Waals surface area (Å²) >= 11 is 2.99. The fourth-order valence-corrected chi connectivity index (χ4v) is 3.18. The monoisotopic (exact) mass is 326 g/mol. The lowest BCUT2D eigenvalue weighted by Crippen LogP contribution is -2.03. The number of halogens is 3. The van der Waals surface area contributed by atoms with Gasteiger partial charge in [0.15, 0.2) is 5.82 Å². The van der Waals surface area contributed by atoms with Crippen molar-refractivity contribution in [3.8, 4) is 0 Å². The van der Waals surface area contributed by atoms with Crippen molar-refractivity contribution < 1.29 is 8.78 Å². The summed E-state index contributed by atoms with van der Waals surface area (Å²) in [6.07, 6.45) is 4.39. The second-order valence-electron chi connectivity index (χ2n) is 5.00. The summed E-state index contributed by atoms with van der Waals surface area (Å²) in [5.41, 5.74) is 6.96. The number of hydrogen-bond donors (Lipinski definition) is 1. The van der Waals surface area contributed by atoms with Gasteiger partial charge >= 0.3 is 0 Å². The molecule has 19 heavy (non-hydrogen) atoms. The number of pyridine rings is 1. The first kappa shape index (κ1) is 12.8. The molecular weight excluding hydrogens is 314 g/mol. The Morgan fingerprint density at radius 2 is 1.89 bits per heavy atom. The largest absolute Gasteiger partial charge is 0.398 e. The molecule has 0 unspecified atom stereocenters. The Kier molecular flexibility index (Phi) is 3.17. The van der Waals surface area contributed by atoms with Crippen LogP contribution in [-0.4, -0.2) is 4.98 Å². The van der Waals surface area contributed by atoms with Crippen LogP contribution in [0.3, 0.4) is 0 Å². The van der Waals surface area contributed by atoms with Crippen LogP contribution in [0.25, 0.3) is 10.9 Å². The van der Waals surface area contributed by atoms with Crippen molar-refractivity contribution in [1.82, 2.24) is 4.98 Å². The molecule has 2 N–H and O–H groups in total. The quantitative estimate of drug-likeness (QED) is 0.783. The molecule has 1 aliphatic rings. The van der Waals surface area contributed by atoms with E-state index in [1.54, 1.807) is 6.07 Å². The molecule has 0 spiro atoms. The van der Waals surface area contributed by atoms with Crippen molar-refractivity contribution in [2.45, 2.75) is 31.6 Å². The van der Waals surface area contributed by atoms with Gasteiger partial charge in [-0.1, -0.05) is 12.8 Å². The third-order valence-corrected chi connectivity index (χ3v) is 4.33. The molecule has 1 saturated carbocycles. The minimum absolute atomic E-state index is 0.0302. The summed E-state index contributed by atoms with van der Waals surface area (Å²) in [7, 11) is 0. The topological polar surface area (TPSA) is 38.9 Å². The Bertz CT molecular complexity index is 652. The minimum atomic E-state index is -0.556. The molecule has 2 aromatic rings. The van der Waals surface area contributed by atoms with Crippen molar-refractivity contribution in [3.63, 3.8) is 0 Å². The van der Waals surface area contributed by atoms with E-state index >= 15 is 0 Å². The number of rotatable bonds is 1. The summed E-state index contributed by atoms with van der Waals surface area (Å²) in [6, 6.07) is 2.79. The smallest absolute Gasteiger partial charge is 0.150 e. The molecule has 1 aliphatic carbocycles. The number of nitrogens with two attached hydrogens (primary N) is 1. The highest BCUT2D eigenvalue weighted by molar-refractivity contribution is 9.10. The van der Waals surface area contributed by atoms with Crippen LogP contribution in [0.5, 0.6) is 0 Å². The summed E-state index contributed by atoms with van der Waals surface area (Å²) in [5.74, 6) is -0.785. The second-order valence-corrected chi connectivity index (χ2v) is 5.85. The lowest BCUT2D eigenvalue weighted by molar-refractivity contribution is 0.608. The molecule has 1 fully saturated rings. The molecule has 3 rings (SSSR count). The van der Waals surface area contributed by atoms with Crippen molar-refractivity contribution >= 4 is 32.5 Å². The molecule has 0 aliphatic heterocycles. The maximum absolute atomic E-state index is 14.0. The Morgan fingerprint density at radius 3 is 2.58 bits per heavy atom. The molecule has 0 saturated heterocycles. The van der Waals surface area contributed by atoms with Gasteiger partial charge < -0.3 is 5.73 Å². The number of anilines is 1. The van der Waals surface area contributed by atoms with E-state index in [9.17, 15) is 8.78 Å². The molecule has 1 heterocycles. The Labute approximate surface area is 118 Å². The molecule has 5 heteroatoms. The first-order valence-corrected chi connectivity index (χ1v) is 7.11. The van der Waals surface area contributed by atoms with Gasteiger partial charge in [-0.05, 0) is 40.9 Å². The van der Waals surface area contributed by atoms with Crippen LogP contribution in [0.1, 0.15) is 37.3 Å². The highest BCUT2D eigenvalue weighted by atomic mass is 79.9. The van der Waals surface area contributed by atoms with E-state index in [0.29, 0.717) is 5.92 Å². The number of aromatic nitrogens is 1. The molecular formula is C14H13BrF2N2. The maximum atomic E-state index is 14.0. The van der Waals surface area contributed by atoms with Crippen LogP contribution in [0, 0.1) is 11.6 Å².